The molecule has 3 N–H and O–H groups in total. The number of benzene rings is 16. The second kappa shape index (κ2) is 32.4. The molecule has 7 aromatic heterocycles. The number of nitrogens with one attached hydrogen (secondary N) is 1. The summed E-state index contributed by atoms with van der Waals surface area (Å²) in [6, 6.07) is 125. The van der Waals surface area contributed by atoms with E-state index in [0.717, 1.165) is 136 Å². The standard InChI is InChI=1S/C50H30N4O2.C19H12N2O.C13H9Br.C12H8Br2.C7H6BNO3.CH3/c1-5-13-43-37(9-1)39-29-33(49-51-41-11-3-7-15-47(41)55-49)21-27-45(39)53(43)35-23-17-31(18-24-35)32-19-25-36(26-20-32)54-44-14-6-2-10-38(44)40-30-34(22-28-46(40)54)50-52-42-12-4-8-16-48(42)56-50;1-2-6-15-13(5-1)14-11-12(9-10-16(14)20-15)19-21-17-7-3-4-8-18(17)22-19;14-11-6-5-10-7-9-3-1-2-4-12(9)13(10)8-11;13-11-5-1-9(2-6-11)10-3-7-12(14)8-4-10;10-8(11)7-9-5-3-1-2-4-6(5)12-7;/h1-30H;1-11,20H;1-6,8H,7H2;1-8H;1-4,10-11H;1H3/q;;;;;-1. The highest BCUT2D eigenvalue weighted by Gasteiger charge is 2.22. The zero-order valence-electron chi connectivity index (χ0n) is 63.8. The van der Waals surface area contributed by atoms with Crippen molar-refractivity contribution in [1.29, 1.82) is 0 Å². The fraction of sp³-hybridized carbons (Fsp3) is 0.00980. The van der Waals surface area contributed by atoms with Crippen LogP contribution in [0.4, 0.5) is 0 Å². The summed E-state index contributed by atoms with van der Waals surface area (Å²) in [5.41, 5.74) is 28.6. The Kier molecular flexibility index (Phi) is 20.5. The lowest BCUT2D eigenvalue weighted by Gasteiger charge is -2.11. The summed E-state index contributed by atoms with van der Waals surface area (Å²) >= 11 is 10.4. The molecule has 0 radical (unpaired) electrons. The molecule has 0 amide bonds. The number of nitrogens with zero attached hydrogens (tertiary/aromatic N) is 6. The number of hydrogen-bond donors (Lipinski definition) is 3. The van der Waals surface area contributed by atoms with Crippen LogP contribution in [-0.2, 0) is 6.42 Å². The first-order valence-corrected chi connectivity index (χ1v) is 40.8. The van der Waals surface area contributed by atoms with Gasteiger partial charge in [-0.25, -0.2) is 19.9 Å². The third kappa shape index (κ3) is 14.9. The van der Waals surface area contributed by atoms with E-state index < -0.39 is 7.12 Å². The molecule has 0 atom stereocenters. The number of rotatable bonds is 8. The molecule has 7 heterocycles. The molecule has 13 nitrogen and oxygen atoms in total. The van der Waals surface area contributed by atoms with Gasteiger partial charge in [0, 0.05) is 84.8 Å². The van der Waals surface area contributed by atoms with E-state index in [4.69, 9.17) is 37.7 Å². The van der Waals surface area contributed by atoms with Gasteiger partial charge < -0.3 is 49.3 Å². The van der Waals surface area contributed by atoms with Crippen molar-refractivity contribution in [3.8, 4) is 79.1 Å². The summed E-state index contributed by atoms with van der Waals surface area (Å²) in [5, 5.41) is 24.6. The summed E-state index contributed by atoms with van der Waals surface area (Å²) in [4.78, 5) is 21.4. The largest absolute Gasteiger partial charge is 0.548 e. The Labute approximate surface area is 708 Å². The third-order valence-corrected chi connectivity index (χ3v) is 22.9. The smallest absolute Gasteiger partial charge is 0.444 e. The van der Waals surface area contributed by atoms with Crippen molar-refractivity contribution in [2.45, 2.75) is 6.42 Å². The molecule has 0 fully saturated rings. The molecule has 17 heteroatoms. The molecule has 0 bridgehead atoms. The average molecular weight is 1740 g/mol. The quantitative estimate of drug-likeness (QED) is 0.0983. The molecular formula is C102H68BBr3N7O6-. The first kappa shape index (κ1) is 75.3. The second-order valence-electron chi connectivity index (χ2n) is 28.7. The first-order chi connectivity index (χ1) is 58.0. The van der Waals surface area contributed by atoms with Crippen LogP contribution in [0, 0.1) is 7.43 Å². The van der Waals surface area contributed by atoms with Gasteiger partial charge >= 0.3 is 7.12 Å². The minimum Gasteiger partial charge on any atom is -0.444 e. The molecular weight excluding hydrogens is 1670 g/mol. The summed E-state index contributed by atoms with van der Waals surface area (Å²) < 4.78 is 31.2. The van der Waals surface area contributed by atoms with Crippen molar-refractivity contribution < 1.29 is 27.7 Å². The summed E-state index contributed by atoms with van der Waals surface area (Å²) in [7, 11) is -1.64. The van der Waals surface area contributed by atoms with Gasteiger partial charge in [0.2, 0.25) is 23.5 Å². The minimum absolute atomic E-state index is 0. The van der Waals surface area contributed by atoms with Gasteiger partial charge in [-0.15, -0.1) is 0 Å². The second-order valence-corrected chi connectivity index (χ2v) is 31.4. The highest BCUT2D eigenvalue weighted by molar-refractivity contribution is 9.11. The van der Waals surface area contributed by atoms with E-state index in [2.05, 4.69) is 327 Å². The maximum absolute atomic E-state index is 8.72. The fourth-order valence-electron chi connectivity index (χ4n) is 15.7. The molecule has 0 unspecified atom stereocenters. The van der Waals surface area contributed by atoms with Crippen LogP contribution in [0.5, 0.6) is 0 Å². The summed E-state index contributed by atoms with van der Waals surface area (Å²) in [6.45, 7) is 0. The van der Waals surface area contributed by atoms with Crippen molar-refractivity contribution in [2.24, 2.45) is 0 Å². The van der Waals surface area contributed by atoms with Gasteiger partial charge in [0.25, 0.3) is 0 Å². The van der Waals surface area contributed by atoms with Crippen molar-refractivity contribution in [3.63, 3.8) is 0 Å². The topological polar surface area (TPSA) is 170 Å². The molecule has 572 valence electrons. The van der Waals surface area contributed by atoms with Crippen LogP contribution in [0.25, 0.3) is 189 Å². The Morgan fingerprint density at radius 3 is 1.11 bits per heavy atom. The molecule has 1 aliphatic rings. The number of H-pyrrole nitrogens is 1. The van der Waals surface area contributed by atoms with Gasteiger partial charge in [0.15, 0.2) is 22.3 Å². The normalized spacial score (nSPS) is 11.5. The van der Waals surface area contributed by atoms with E-state index in [1.54, 1.807) is 24.3 Å². The number of hydrogen-bond acceptors (Lipinski definition) is 10. The average Bonchev–Trinajstić information content (AvgIpc) is 1.59. The van der Waals surface area contributed by atoms with Gasteiger partial charge in [-0.05, 0) is 233 Å². The number of oxazole rings is 4. The molecule has 119 heavy (non-hydrogen) atoms. The lowest BCUT2D eigenvalue weighted by Crippen LogP contribution is -2.30. The molecule has 24 rings (SSSR count). The summed E-state index contributed by atoms with van der Waals surface area (Å²) in [6.07, 6.45) is 1.08. The predicted molar refractivity (Wildman–Crippen MR) is 495 cm³/mol. The van der Waals surface area contributed by atoms with E-state index in [-0.39, 0.29) is 13.2 Å². The maximum Gasteiger partial charge on any atom is 0.548 e. The number of aromatic nitrogens is 7. The molecule has 0 spiro atoms. The van der Waals surface area contributed by atoms with Crippen LogP contribution in [0.2, 0.25) is 0 Å². The van der Waals surface area contributed by atoms with Gasteiger partial charge in [-0.2, -0.15) is 0 Å². The Balaban J connectivity index is 0.000000120. The molecule has 1 aliphatic carbocycles. The van der Waals surface area contributed by atoms with Crippen LogP contribution in [0.1, 0.15) is 11.1 Å². The number of aromatic amines is 1. The van der Waals surface area contributed by atoms with Crippen LogP contribution in [-0.4, -0.2) is 51.2 Å². The zero-order chi connectivity index (χ0) is 79.3. The molecule has 23 aromatic rings. The van der Waals surface area contributed by atoms with Gasteiger partial charge in [-0.1, -0.05) is 230 Å². The predicted octanol–water partition coefficient (Wildman–Crippen LogP) is 27.2. The lowest BCUT2D eigenvalue weighted by molar-refractivity contribution is 0.409. The SMILES string of the molecule is Brc1ccc(-c2ccc(Br)cc2)cc1.Brc1ccc2c(c1)-c1ccccc1C2.OB(O)c1nc2ccccc2o1.[CH3-].c1ccc2oc(-c3ccc4[nH]c5ccccc5c4c3)nc2c1.c1ccc2oc(-c3ccc4c(c3)c3ccccc3n4-c3ccc(-c4ccc(-n5c6ccccc6c6cc(-c7nc8ccccc8o7)ccc65)cc4)cc3)nc2c1. The highest BCUT2D eigenvalue weighted by Crippen LogP contribution is 2.42. The Morgan fingerprint density at radius 1 is 0.286 bits per heavy atom. The zero-order valence-corrected chi connectivity index (χ0v) is 68.5. The number of para-hydroxylation sites is 11. The lowest BCUT2D eigenvalue weighted by atomic mass is 9.93. The Bertz CT molecular complexity index is 7290. The van der Waals surface area contributed by atoms with Crippen LogP contribution in [0.3, 0.4) is 0 Å². The molecule has 16 aromatic carbocycles. The minimum atomic E-state index is -1.64. The maximum atomic E-state index is 8.72. The van der Waals surface area contributed by atoms with Crippen LogP contribution in [0.15, 0.2) is 395 Å². The molecule has 0 aliphatic heterocycles. The van der Waals surface area contributed by atoms with E-state index in [0.29, 0.717) is 28.8 Å². The van der Waals surface area contributed by atoms with E-state index in [9.17, 15) is 0 Å². The molecule has 0 saturated carbocycles. The van der Waals surface area contributed by atoms with Gasteiger partial charge in [0.05, 0.1) is 22.1 Å². The number of halogens is 3. The van der Waals surface area contributed by atoms with E-state index in [1.165, 1.54) is 54.9 Å². The summed E-state index contributed by atoms with van der Waals surface area (Å²) in [5.74, 6) is 1.85. The van der Waals surface area contributed by atoms with Crippen molar-refractivity contribution in [3.05, 3.63) is 396 Å². The third-order valence-electron chi connectivity index (χ3n) is 21.4. The monoisotopic (exact) mass is 1730 g/mol. The van der Waals surface area contributed by atoms with Gasteiger partial charge in [-0.3, -0.25) is 0 Å². The first-order valence-electron chi connectivity index (χ1n) is 38.4. The van der Waals surface area contributed by atoms with Crippen molar-refractivity contribution in [1.82, 2.24) is 34.1 Å². The van der Waals surface area contributed by atoms with E-state index >= 15 is 0 Å². The molecule has 0 saturated heterocycles. The number of fused-ring (bicyclic) bond motifs is 16. The van der Waals surface area contributed by atoms with Crippen LogP contribution >= 0.6 is 47.8 Å². The van der Waals surface area contributed by atoms with E-state index in [1.807, 2.05) is 84.9 Å². The fourth-order valence-corrected chi connectivity index (χ4v) is 16.6. The van der Waals surface area contributed by atoms with Gasteiger partial charge in [0.1, 0.15) is 22.1 Å². The van der Waals surface area contributed by atoms with Crippen molar-refractivity contribution in [2.75, 3.05) is 0 Å². The van der Waals surface area contributed by atoms with Crippen molar-refractivity contribution >= 4 is 171 Å². The Hall–Kier alpha value is -13.8. The van der Waals surface area contributed by atoms with Crippen LogP contribution < -0.4 is 5.79 Å². The highest BCUT2D eigenvalue weighted by atomic mass is 79.9. The Morgan fingerprint density at radius 2 is 0.639 bits per heavy atom.